The third-order valence-corrected chi connectivity index (χ3v) is 2.61. The predicted octanol–water partition coefficient (Wildman–Crippen LogP) is 2.09. The van der Waals surface area contributed by atoms with Gasteiger partial charge < -0.3 is 14.7 Å². The summed E-state index contributed by atoms with van der Waals surface area (Å²) in [5, 5.41) is 8.53. The Labute approximate surface area is 104 Å². The minimum Gasteiger partial charge on any atom is -0.447 e. The molecule has 100 valence electrons. The van der Waals surface area contributed by atoms with Crippen molar-refractivity contribution in [2.75, 3.05) is 20.3 Å². The Morgan fingerprint density at radius 2 is 2.11 bits per heavy atom. The minimum atomic E-state index is -0.962. The van der Waals surface area contributed by atoms with E-state index in [1.165, 1.54) is 18.0 Å². The first-order valence-corrected chi connectivity index (χ1v) is 5.42. The van der Waals surface area contributed by atoms with Crippen molar-refractivity contribution >= 4 is 6.09 Å². The van der Waals surface area contributed by atoms with Gasteiger partial charge in [0.25, 0.3) is 0 Å². The molecule has 0 bridgehead atoms. The first-order valence-electron chi connectivity index (χ1n) is 5.42. The molecule has 1 amide bonds. The summed E-state index contributed by atoms with van der Waals surface area (Å²) in [4.78, 5) is 12.7. The number of nitrogens with zero attached hydrogens (tertiary/aromatic N) is 1. The average molecular weight is 259 g/mol. The standard InChI is InChI=1S/C12H15F2NO3/c1-8(15(2)12(17)18-6-5-16)9-3-4-10(13)11(14)7-9/h3-4,7-8,16H,5-6H2,1-2H3. The molecular formula is C12H15F2NO3. The van der Waals surface area contributed by atoms with Gasteiger partial charge in [0, 0.05) is 7.05 Å². The summed E-state index contributed by atoms with van der Waals surface area (Å²) < 4.78 is 30.6. The van der Waals surface area contributed by atoms with E-state index in [1.807, 2.05) is 0 Å². The van der Waals surface area contributed by atoms with Crippen LogP contribution in [0, 0.1) is 11.6 Å². The maximum Gasteiger partial charge on any atom is 0.410 e. The van der Waals surface area contributed by atoms with Crippen molar-refractivity contribution in [1.82, 2.24) is 4.90 Å². The Bertz CT molecular complexity index is 426. The first kappa shape index (κ1) is 14.4. The molecule has 1 atom stereocenters. The number of carbonyl (C=O) groups excluding carboxylic acids is 1. The van der Waals surface area contributed by atoms with Gasteiger partial charge in [0.05, 0.1) is 12.6 Å². The number of carbonyl (C=O) groups is 1. The van der Waals surface area contributed by atoms with E-state index in [4.69, 9.17) is 9.84 Å². The Hall–Kier alpha value is -1.69. The van der Waals surface area contributed by atoms with Crippen molar-refractivity contribution < 1.29 is 23.4 Å². The van der Waals surface area contributed by atoms with Crippen molar-refractivity contribution in [3.8, 4) is 0 Å². The lowest BCUT2D eigenvalue weighted by Gasteiger charge is -2.24. The van der Waals surface area contributed by atoms with E-state index in [1.54, 1.807) is 6.92 Å². The molecule has 1 N–H and O–H groups in total. The third kappa shape index (κ3) is 3.40. The number of hydrogen-bond donors (Lipinski definition) is 1. The highest BCUT2D eigenvalue weighted by Gasteiger charge is 2.19. The zero-order valence-electron chi connectivity index (χ0n) is 10.2. The predicted molar refractivity (Wildman–Crippen MR) is 61.0 cm³/mol. The van der Waals surface area contributed by atoms with E-state index in [0.717, 1.165) is 12.1 Å². The van der Waals surface area contributed by atoms with Gasteiger partial charge in [-0.2, -0.15) is 0 Å². The van der Waals surface area contributed by atoms with Crippen molar-refractivity contribution in [3.63, 3.8) is 0 Å². The van der Waals surface area contributed by atoms with Gasteiger partial charge in [0.1, 0.15) is 6.61 Å². The lowest BCUT2D eigenvalue weighted by atomic mass is 10.1. The molecule has 0 spiro atoms. The lowest BCUT2D eigenvalue weighted by molar-refractivity contribution is 0.0818. The summed E-state index contributed by atoms with van der Waals surface area (Å²) in [7, 11) is 1.48. The van der Waals surface area contributed by atoms with Crippen LogP contribution < -0.4 is 0 Å². The molecular weight excluding hydrogens is 244 g/mol. The number of rotatable bonds is 4. The number of aliphatic hydroxyl groups excluding tert-OH is 1. The fraction of sp³-hybridized carbons (Fsp3) is 0.417. The Morgan fingerprint density at radius 3 is 2.67 bits per heavy atom. The Balaban J connectivity index is 2.76. The van der Waals surface area contributed by atoms with Crippen LogP contribution in [0.15, 0.2) is 18.2 Å². The fourth-order valence-corrected chi connectivity index (χ4v) is 1.39. The second-order valence-corrected chi connectivity index (χ2v) is 3.80. The highest BCUT2D eigenvalue weighted by Crippen LogP contribution is 2.21. The van der Waals surface area contributed by atoms with Gasteiger partial charge in [-0.15, -0.1) is 0 Å². The van der Waals surface area contributed by atoms with Gasteiger partial charge in [0.2, 0.25) is 0 Å². The van der Waals surface area contributed by atoms with Gasteiger partial charge in [-0.05, 0) is 24.6 Å². The monoisotopic (exact) mass is 259 g/mol. The van der Waals surface area contributed by atoms with Gasteiger partial charge in [0.15, 0.2) is 11.6 Å². The summed E-state index contributed by atoms with van der Waals surface area (Å²) in [6.45, 7) is 1.29. The summed E-state index contributed by atoms with van der Waals surface area (Å²) in [6, 6.07) is 2.98. The molecule has 0 aliphatic heterocycles. The molecule has 0 fully saturated rings. The van der Waals surface area contributed by atoms with Crippen molar-refractivity contribution in [2.45, 2.75) is 13.0 Å². The highest BCUT2D eigenvalue weighted by molar-refractivity contribution is 5.67. The van der Waals surface area contributed by atoms with E-state index in [-0.39, 0.29) is 13.2 Å². The van der Waals surface area contributed by atoms with Crippen LogP contribution in [0.2, 0.25) is 0 Å². The van der Waals surface area contributed by atoms with Crippen LogP contribution in [-0.4, -0.2) is 36.4 Å². The van der Waals surface area contributed by atoms with Crippen molar-refractivity contribution in [2.24, 2.45) is 0 Å². The highest BCUT2D eigenvalue weighted by atomic mass is 19.2. The molecule has 0 saturated heterocycles. The van der Waals surface area contributed by atoms with Crippen LogP contribution in [0.5, 0.6) is 0 Å². The van der Waals surface area contributed by atoms with Gasteiger partial charge in [-0.25, -0.2) is 13.6 Å². The van der Waals surface area contributed by atoms with E-state index < -0.39 is 23.8 Å². The lowest BCUT2D eigenvalue weighted by Crippen LogP contribution is -2.31. The quantitative estimate of drug-likeness (QED) is 0.900. The second kappa shape index (κ2) is 6.30. The van der Waals surface area contributed by atoms with Crippen LogP contribution in [0.3, 0.4) is 0 Å². The molecule has 1 rings (SSSR count). The van der Waals surface area contributed by atoms with Gasteiger partial charge >= 0.3 is 6.09 Å². The second-order valence-electron chi connectivity index (χ2n) is 3.80. The van der Waals surface area contributed by atoms with Gasteiger partial charge in [-0.3, -0.25) is 0 Å². The smallest absolute Gasteiger partial charge is 0.410 e. The Morgan fingerprint density at radius 1 is 1.44 bits per heavy atom. The molecule has 1 aromatic carbocycles. The molecule has 0 aromatic heterocycles. The van der Waals surface area contributed by atoms with Crippen LogP contribution in [0.25, 0.3) is 0 Å². The molecule has 0 aliphatic rings. The normalized spacial score (nSPS) is 12.1. The van der Waals surface area contributed by atoms with Crippen LogP contribution in [0.4, 0.5) is 13.6 Å². The summed E-state index contributed by atoms with van der Waals surface area (Å²) in [6.07, 6.45) is -0.638. The molecule has 0 saturated carbocycles. The van der Waals surface area contributed by atoms with Crippen molar-refractivity contribution in [1.29, 1.82) is 0 Å². The molecule has 4 nitrogen and oxygen atoms in total. The van der Waals surface area contributed by atoms with Crippen LogP contribution in [0.1, 0.15) is 18.5 Å². The molecule has 6 heteroatoms. The summed E-state index contributed by atoms with van der Waals surface area (Å²) in [5.74, 6) is -1.90. The zero-order chi connectivity index (χ0) is 13.7. The van der Waals surface area contributed by atoms with Crippen LogP contribution >= 0.6 is 0 Å². The molecule has 0 heterocycles. The number of amides is 1. The van der Waals surface area contributed by atoms with E-state index >= 15 is 0 Å². The van der Waals surface area contributed by atoms with E-state index in [2.05, 4.69) is 0 Å². The maximum atomic E-state index is 13.1. The number of aliphatic hydroxyl groups is 1. The summed E-state index contributed by atoms with van der Waals surface area (Å²) in [5.41, 5.74) is 0.456. The molecule has 0 radical (unpaired) electrons. The maximum absolute atomic E-state index is 13.1. The minimum absolute atomic E-state index is 0.103. The molecule has 1 unspecified atom stereocenters. The van der Waals surface area contributed by atoms with Gasteiger partial charge in [-0.1, -0.05) is 6.07 Å². The number of ether oxygens (including phenoxy) is 1. The number of hydrogen-bond acceptors (Lipinski definition) is 3. The number of halogens is 2. The van der Waals surface area contributed by atoms with E-state index in [9.17, 15) is 13.6 Å². The fourth-order valence-electron chi connectivity index (χ4n) is 1.39. The largest absolute Gasteiger partial charge is 0.447 e. The summed E-state index contributed by atoms with van der Waals surface area (Å²) >= 11 is 0. The van der Waals surface area contributed by atoms with Crippen LogP contribution in [-0.2, 0) is 4.74 Å². The zero-order valence-corrected chi connectivity index (χ0v) is 10.2. The topological polar surface area (TPSA) is 49.8 Å². The first-order chi connectivity index (χ1) is 8.47. The van der Waals surface area contributed by atoms with Crippen molar-refractivity contribution in [3.05, 3.63) is 35.4 Å². The molecule has 18 heavy (non-hydrogen) atoms. The third-order valence-electron chi connectivity index (χ3n) is 2.61. The average Bonchev–Trinajstić information content (AvgIpc) is 2.37. The number of benzene rings is 1. The molecule has 0 aliphatic carbocycles. The van der Waals surface area contributed by atoms with E-state index in [0.29, 0.717) is 5.56 Å². The SMILES string of the molecule is CC(c1ccc(F)c(F)c1)N(C)C(=O)OCCO. The Kier molecular flexibility index (Phi) is 5.03. The molecule has 1 aromatic rings.